The topological polar surface area (TPSA) is 58.2 Å². The van der Waals surface area contributed by atoms with Crippen molar-refractivity contribution in [2.75, 3.05) is 0 Å². The number of nitrogens with one attached hydrogen (secondary N) is 2. The first-order valence-electron chi connectivity index (χ1n) is 7.81. The van der Waals surface area contributed by atoms with Gasteiger partial charge in [-0.1, -0.05) is 12.1 Å². The summed E-state index contributed by atoms with van der Waals surface area (Å²) in [7, 11) is 0. The van der Waals surface area contributed by atoms with Crippen molar-refractivity contribution in [3.63, 3.8) is 0 Å². The normalized spacial score (nSPS) is 18.4. The smallest absolute Gasteiger partial charge is 0.351 e. The number of hydrogen-bond donors (Lipinski definition) is 2. The maximum Gasteiger partial charge on any atom is 0.416 e. The summed E-state index contributed by atoms with van der Waals surface area (Å²) in [6, 6.07) is 4.39. The van der Waals surface area contributed by atoms with Crippen LogP contribution in [0.5, 0.6) is 0 Å². The van der Waals surface area contributed by atoms with Crippen molar-refractivity contribution in [3.8, 4) is 0 Å². The van der Waals surface area contributed by atoms with Gasteiger partial charge in [-0.05, 0) is 50.3 Å². The van der Waals surface area contributed by atoms with Crippen molar-refractivity contribution >= 4 is 11.8 Å². The van der Waals surface area contributed by atoms with Gasteiger partial charge in [-0.2, -0.15) is 13.2 Å². The van der Waals surface area contributed by atoms with E-state index in [1.165, 1.54) is 26.0 Å². The molecule has 0 spiro atoms. The summed E-state index contributed by atoms with van der Waals surface area (Å²) in [5.41, 5.74) is -2.34. The second-order valence-electron chi connectivity index (χ2n) is 6.48. The van der Waals surface area contributed by atoms with Crippen LogP contribution in [0.25, 0.3) is 0 Å². The standard InChI is InChI=1S/C17H21F3N2O2/c1-10(12-7-8-12)21-15(24)16(3,22-11(2)23)13-5-4-6-14(9-13)17(18,19)20/h4-6,9-10,12H,7-8H2,1-3H3,(H,21,24)(H,22,23)/t10-,16+/m1/s1. The van der Waals surface area contributed by atoms with E-state index in [1.807, 2.05) is 6.92 Å². The molecule has 0 aromatic heterocycles. The van der Waals surface area contributed by atoms with E-state index in [1.54, 1.807) is 0 Å². The largest absolute Gasteiger partial charge is 0.416 e. The summed E-state index contributed by atoms with van der Waals surface area (Å²) >= 11 is 0. The number of alkyl halides is 3. The average Bonchev–Trinajstić information content (AvgIpc) is 3.30. The second-order valence-corrected chi connectivity index (χ2v) is 6.48. The Balaban J connectivity index is 2.35. The van der Waals surface area contributed by atoms with E-state index in [-0.39, 0.29) is 11.6 Å². The zero-order valence-corrected chi connectivity index (χ0v) is 13.8. The molecule has 0 radical (unpaired) electrons. The summed E-state index contributed by atoms with van der Waals surface area (Å²) in [4.78, 5) is 24.2. The van der Waals surface area contributed by atoms with Crippen LogP contribution >= 0.6 is 0 Å². The van der Waals surface area contributed by atoms with E-state index >= 15 is 0 Å². The van der Waals surface area contributed by atoms with Crippen LogP contribution < -0.4 is 10.6 Å². The molecular formula is C17H21F3N2O2. The first kappa shape index (κ1) is 18.3. The second kappa shape index (κ2) is 6.45. The lowest BCUT2D eigenvalue weighted by molar-refractivity contribution is -0.138. The van der Waals surface area contributed by atoms with Crippen LogP contribution in [-0.2, 0) is 21.3 Å². The van der Waals surface area contributed by atoms with Crippen molar-refractivity contribution in [2.45, 2.75) is 51.4 Å². The SMILES string of the molecule is CC(=O)N[C@](C)(C(=O)N[C@H](C)C1CC1)c1cccc(C(F)(F)F)c1. The zero-order valence-electron chi connectivity index (χ0n) is 13.8. The average molecular weight is 342 g/mol. The molecule has 24 heavy (non-hydrogen) atoms. The molecule has 0 heterocycles. The predicted octanol–water partition coefficient (Wildman–Crippen LogP) is 2.97. The van der Waals surface area contributed by atoms with Crippen LogP contribution in [0.3, 0.4) is 0 Å². The molecule has 0 aliphatic heterocycles. The van der Waals surface area contributed by atoms with Crippen LogP contribution in [0.1, 0.15) is 44.7 Å². The van der Waals surface area contributed by atoms with Crippen molar-refractivity contribution < 1.29 is 22.8 Å². The van der Waals surface area contributed by atoms with Gasteiger partial charge in [0.25, 0.3) is 0 Å². The van der Waals surface area contributed by atoms with Gasteiger partial charge in [-0.25, -0.2) is 0 Å². The highest BCUT2D eigenvalue weighted by Crippen LogP contribution is 2.34. The quantitative estimate of drug-likeness (QED) is 0.864. The monoisotopic (exact) mass is 342 g/mol. The highest BCUT2D eigenvalue weighted by Gasteiger charge is 2.40. The Kier molecular flexibility index (Phi) is 4.92. The van der Waals surface area contributed by atoms with E-state index in [4.69, 9.17) is 0 Å². The summed E-state index contributed by atoms with van der Waals surface area (Å²) in [5, 5.41) is 5.31. The van der Waals surface area contributed by atoms with Gasteiger partial charge < -0.3 is 10.6 Å². The van der Waals surface area contributed by atoms with Crippen LogP contribution in [0.2, 0.25) is 0 Å². The molecule has 2 rings (SSSR count). The van der Waals surface area contributed by atoms with Gasteiger partial charge in [0.2, 0.25) is 11.8 Å². The predicted molar refractivity (Wildman–Crippen MR) is 82.9 cm³/mol. The number of benzene rings is 1. The first-order chi connectivity index (χ1) is 11.0. The lowest BCUT2D eigenvalue weighted by Gasteiger charge is -2.31. The molecule has 2 amide bonds. The summed E-state index contributed by atoms with van der Waals surface area (Å²) in [5.74, 6) is -0.627. The van der Waals surface area contributed by atoms with Crippen LogP contribution in [-0.4, -0.2) is 17.9 Å². The molecule has 1 saturated carbocycles. The Morgan fingerprint density at radius 3 is 2.29 bits per heavy atom. The minimum Gasteiger partial charge on any atom is -0.351 e. The van der Waals surface area contributed by atoms with Crippen molar-refractivity contribution in [1.82, 2.24) is 10.6 Å². The molecule has 2 atom stereocenters. The van der Waals surface area contributed by atoms with Crippen molar-refractivity contribution in [2.24, 2.45) is 5.92 Å². The number of hydrogen-bond acceptors (Lipinski definition) is 2. The van der Waals surface area contributed by atoms with Crippen LogP contribution in [0.15, 0.2) is 24.3 Å². The van der Waals surface area contributed by atoms with Gasteiger partial charge in [-0.3, -0.25) is 9.59 Å². The minimum atomic E-state index is -4.52. The van der Waals surface area contributed by atoms with Gasteiger partial charge in [0.15, 0.2) is 0 Å². The third-order valence-corrected chi connectivity index (χ3v) is 4.34. The fourth-order valence-corrected chi connectivity index (χ4v) is 2.68. The highest BCUT2D eigenvalue weighted by molar-refractivity contribution is 5.91. The number of rotatable bonds is 5. The molecule has 0 bridgehead atoms. The number of carbonyl (C=O) groups is 2. The van der Waals surface area contributed by atoms with Gasteiger partial charge in [0.1, 0.15) is 5.54 Å². The molecule has 1 aliphatic carbocycles. The van der Waals surface area contributed by atoms with Gasteiger partial charge >= 0.3 is 6.18 Å². The van der Waals surface area contributed by atoms with E-state index in [0.717, 1.165) is 25.0 Å². The highest BCUT2D eigenvalue weighted by atomic mass is 19.4. The van der Waals surface area contributed by atoms with Crippen LogP contribution in [0.4, 0.5) is 13.2 Å². The number of amides is 2. The van der Waals surface area contributed by atoms with E-state index < -0.39 is 29.1 Å². The maximum atomic E-state index is 13.0. The van der Waals surface area contributed by atoms with Crippen molar-refractivity contribution in [3.05, 3.63) is 35.4 Å². The minimum absolute atomic E-state index is 0.0867. The molecule has 1 aromatic rings. The molecule has 0 unspecified atom stereocenters. The Morgan fingerprint density at radius 2 is 1.79 bits per heavy atom. The fraction of sp³-hybridized carbons (Fsp3) is 0.529. The van der Waals surface area contributed by atoms with E-state index in [0.29, 0.717) is 5.92 Å². The number of carbonyl (C=O) groups excluding carboxylic acids is 2. The number of halogens is 3. The maximum absolute atomic E-state index is 13.0. The summed E-state index contributed by atoms with van der Waals surface area (Å²) in [6.07, 6.45) is -2.49. The van der Waals surface area contributed by atoms with Crippen molar-refractivity contribution in [1.29, 1.82) is 0 Å². The summed E-state index contributed by atoms with van der Waals surface area (Å²) in [6.45, 7) is 4.50. The Hall–Kier alpha value is -2.05. The zero-order chi connectivity index (χ0) is 18.1. The first-order valence-corrected chi connectivity index (χ1v) is 7.81. The summed E-state index contributed by atoms with van der Waals surface area (Å²) < 4.78 is 38.9. The van der Waals surface area contributed by atoms with E-state index in [2.05, 4.69) is 10.6 Å². The Bertz CT molecular complexity index is 641. The van der Waals surface area contributed by atoms with Gasteiger partial charge in [0, 0.05) is 13.0 Å². The Morgan fingerprint density at radius 1 is 1.21 bits per heavy atom. The molecule has 2 N–H and O–H groups in total. The third kappa shape index (κ3) is 4.07. The van der Waals surface area contributed by atoms with Gasteiger partial charge in [-0.15, -0.1) is 0 Å². The molecule has 1 aromatic carbocycles. The fourth-order valence-electron chi connectivity index (χ4n) is 2.68. The van der Waals surface area contributed by atoms with Gasteiger partial charge in [0.05, 0.1) is 5.56 Å². The van der Waals surface area contributed by atoms with Crippen LogP contribution in [0, 0.1) is 5.92 Å². The molecule has 4 nitrogen and oxygen atoms in total. The lowest BCUT2D eigenvalue weighted by Crippen LogP contribution is -2.55. The Labute approximate surface area is 138 Å². The lowest BCUT2D eigenvalue weighted by atomic mass is 9.89. The molecule has 7 heteroatoms. The third-order valence-electron chi connectivity index (χ3n) is 4.34. The molecule has 1 fully saturated rings. The molecule has 1 aliphatic rings. The molecule has 0 saturated heterocycles. The molecule has 132 valence electrons. The molecular weight excluding hydrogens is 321 g/mol. The van der Waals surface area contributed by atoms with E-state index in [9.17, 15) is 22.8 Å².